The lowest BCUT2D eigenvalue weighted by Crippen LogP contribution is -2.27. The number of methoxy groups -OCH3 is 2. The molecule has 1 aromatic heterocycles. The first-order valence-electron chi connectivity index (χ1n) is 6.22. The van der Waals surface area contributed by atoms with E-state index in [1.807, 2.05) is 24.4 Å². The van der Waals surface area contributed by atoms with Crippen LogP contribution in [0.15, 0.2) is 35.7 Å². The van der Waals surface area contributed by atoms with Gasteiger partial charge in [-0.3, -0.25) is 4.79 Å². The largest absolute Gasteiger partial charge is 0.496 e. The molecule has 0 aliphatic rings. The van der Waals surface area contributed by atoms with Gasteiger partial charge in [-0.2, -0.15) is 0 Å². The maximum Gasteiger partial charge on any atom is 0.259 e. The molecule has 1 aromatic carbocycles. The number of ether oxygens (including phenoxy) is 2. The SMILES string of the molecule is COc1cccc(OC)c1C(=O)NC(C)c1cccs1. The molecule has 1 amide bonds. The Morgan fingerprint density at radius 1 is 1.15 bits per heavy atom. The lowest BCUT2D eigenvalue weighted by atomic mass is 10.1. The molecule has 1 atom stereocenters. The quantitative estimate of drug-likeness (QED) is 0.920. The molecular weight excluding hydrogens is 274 g/mol. The summed E-state index contributed by atoms with van der Waals surface area (Å²) in [5.41, 5.74) is 0.418. The predicted molar refractivity (Wildman–Crippen MR) is 79.7 cm³/mol. The number of benzene rings is 1. The number of carbonyl (C=O) groups excluding carboxylic acids is 1. The molecule has 4 nitrogen and oxygen atoms in total. The average molecular weight is 291 g/mol. The molecule has 0 radical (unpaired) electrons. The molecule has 0 fully saturated rings. The van der Waals surface area contributed by atoms with Gasteiger partial charge in [0.2, 0.25) is 0 Å². The van der Waals surface area contributed by atoms with Crippen LogP contribution in [0.1, 0.15) is 28.2 Å². The van der Waals surface area contributed by atoms with E-state index in [9.17, 15) is 4.79 Å². The fraction of sp³-hybridized carbons (Fsp3) is 0.267. The Kier molecular flexibility index (Phi) is 4.63. The lowest BCUT2D eigenvalue weighted by molar-refractivity contribution is 0.0934. The highest BCUT2D eigenvalue weighted by atomic mass is 32.1. The van der Waals surface area contributed by atoms with E-state index in [2.05, 4.69) is 5.32 Å². The molecule has 20 heavy (non-hydrogen) atoms. The Morgan fingerprint density at radius 3 is 2.30 bits per heavy atom. The van der Waals surface area contributed by atoms with Crippen LogP contribution in [0.4, 0.5) is 0 Å². The van der Waals surface area contributed by atoms with E-state index in [1.54, 1.807) is 29.5 Å². The zero-order valence-electron chi connectivity index (χ0n) is 11.7. The van der Waals surface area contributed by atoms with Crippen LogP contribution in [-0.4, -0.2) is 20.1 Å². The molecule has 0 aliphatic carbocycles. The van der Waals surface area contributed by atoms with Crippen molar-refractivity contribution in [3.63, 3.8) is 0 Å². The molecule has 5 heteroatoms. The number of rotatable bonds is 5. The van der Waals surface area contributed by atoms with Crippen LogP contribution in [0, 0.1) is 0 Å². The van der Waals surface area contributed by atoms with E-state index in [-0.39, 0.29) is 11.9 Å². The first-order chi connectivity index (χ1) is 9.67. The van der Waals surface area contributed by atoms with Crippen LogP contribution in [0.3, 0.4) is 0 Å². The van der Waals surface area contributed by atoms with Crippen LogP contribution in [-0.2, 0) is 0 Å². The molecule has 1 heterocycles. The van der Waals surface area contributed by atoms with Crippen molar-refractivity contribution in [2.75, 3.05) is 14.2 Å². The van der Waals surface area contributed by atoms with Crippen molar-refractivity contribution in [2.24, 2.45) is 0 Å². The zero-order valence-corrected chi connectivity index (χ0v) is 12.5. The summed E-state index contributed by atoms with van der Waals surface area (Å²) in [4.78, 5) is 13.5. The smallest absolute Gasteiger partial charge is 0.259 e. The summed E-state index contributed by atoms with van der Waals surface area (Å²) in [5.74, 6) is 0.792. The molecular formula is C15H17NO3S. The van der Waals surface area contributed by atoms with Crippen LogP contribution >= 0.6 is 11.3 Å². The molecule has 2 rings (SSSR count). The molecule has 0 spiro atoms. The minimum absolute atomic E-state index is 0.0582. The monoisotopic (exact) mass is 291 g/mol. The van der Waals surface area contributed by atoms with Gasteiger partial charge in [0.1, 0.15) is 17.1 Å². The van der Waals surface area contributed by atoms with Crippen molar-refractivity contribution in [3.05, 3.63) is 46.2 Å². The van der Waals surface area contributed by atoms with E-state index in [0.717, 1.165) is 4.88 Å². The number of carbonyl (C=O) groups is 1. The summed E-state index contributed by atoms with van der Waals surface area (Å²) in [5, 5.41) is 4.95. The summed E-state index contributed by atoms with van der Waals surface area (Å²) in [6, 6.07) is 9.18. The third kappa shape index (κ3) is 2.93. The van der Waals surface area contributed by atoms with Crippen molar-refractivity contribution in [1.29, 1.82) is 0 Å². The van der Waals surface area contributed by atoms with Gasteiger partial charge in [0.15, 0.2) is 0 Å². The number of amides is 1. The normalized spacial score (nSPS) is 11.8. The molecule has 1 N–H and O–H groups in total. The van der Waals surface area contributed by atoms with Gasteiger partial charge in [-0.05, 0) is 30.5 Å². The van der Waals surface area contributed by atoms with Gasteiger partial charge in [-0.1, -0.05) is 12.1 Å². The Labute approximate surface area is 122 Å². The van der Waals surface area contributed by atoms with Gasteiger partial charge in [-0.15, -0.1) is 11.3 Å². The fourth-order valence-electron chi connectivity index (χ4n) is 1.95. The molecule has 0 saturated carbocycles. The first kappa shape index (κ1) is 14.4. The second-order valence-electron chi connectivity index (χ2n) is 4.25. The van der Waals surface area contributed by atoms with Crippen molar-refractivity contribution in [2.45, 2.75) is 13.0 Å². The Bertz CT molecular complexity index is 559. The number of thiophene rings is 1. The minimum atomic E-state index is -0.208. The van der Waals surface area contributed by atoms with Gasteiger partial charge in [0.25, 0.3) is 5.91 Å². The molecule has 1 unspecified atom stereocenters. The fourth-order valence-corrected chi connectivity index (χ4v) is 2.69. The standard InChI is InChI=1S/C15H17NO3S/c1-10(13-8-5-9-20-13)16-15(17)14-11(18-2)6-4-7-12(14)19-3/h4-10H,1-3H3,(H,16,17). The molecule has 0 saturated heterocycles. The molecule has 106 valence electrons. The summed E-state index contributed by atoms with van der Waals surface area (Å²) < 4.78 is 10.5. The number of hydrogen-bond acceptors (Lipinski definition) is 4. The minimum Gasteiger partial charge on any atom is -0.496 e. The molecule has 0 bridgehead atoms. The number of hydrogen-bond donors (Lipinski definition) is 1. The third-order valence-corrected chi connectivity index (χ3v) is 4.03. The summed E-state index contributed by atoms with van der Waals surface area (Å²) in [6.45, 7) is 1.95. The van der Waals surface area contributed by atoms with Crippen molar-refractivity contribution in [1.82, 2.24) is 5.32 Å². The van der Waals surface area contributed by atoms with E-state index < -0.39 is 0 Å². The van der Waals surface area contributed by atoms with Gasteiger partial charge in [0, 0.05) is 4.88 Å². The van der Waals surface area contributed by atoms with Crippen LogP contribution in [0.2, 0.25) is 0 Å². The van der Waals surface area contributed by atoms with Crippen LogP contribution in [0.25, 0.3) is 0 Å². The molecule has 2 aromatic rings. The Balaban J connectivity index is 2.25. The predicted octanol–water partition coefficient (Wildman–Crippen LogP) is 3.26. The van der Waals surface area contributed by atoms with Crippen molar-refractivity contribution >= 4 is 17.2 Å². The highest BCUT2D eigenvalue weighted by Crippen LogP contribution is 2.29. The van der Waals surface area contributed by atoms with Crippen LogP contribution < -0.4 is 14.8 Å². The maximum absolute atomic E-state index is 12.4. The second-order valence-corrected chi connectivity index (χ2v) is 5.23. The summed E-state index contributed by atoms with van der Waals surface area (Å²) in [6.07, 6.45) is 0. The molecule has 0 aliphatic heterocycles. The van der Waals surface area contributed by atoms with Crippen LogP contribution in [0.5, 0.6) is 11.5 Å². The maximum atomic E-state index is 12.4. The van der Waals surface area contributed by atoms with Gasteiger partial charge in [0.05, 0.1) is 20.3 Å². The van der Waals surface area contributed by atoms with E-state index >= 15 is 0 Å². The van der Waals surface area contributed by atoms with E-state index in [4.69, 9.17) is 9.47 Å². The van der Waals surface area contributed by atoms with Crippen molar-refractivity contribution < 1.29 is 14.3 Å². The lowest BCUT2D eigenvalue weighted by Gasteiger charge is -2.16. The summed E-state index contributed by atoms with van der Waals surface area (Å²) >= 11 is 1.61. The van der Waals surface area contributed by atoms with E-state index in [1.165, 1.54) is 14.2 Å². The van der Waals surface area contributed by atoms with E-state index in [0.29, 0.717) is 17.1 Å². The highest BCUT2D eigenvalue weighted by Gasteiger charge is 2.20. The average Bonchev–Trinajstić information content (AvgIpc) is 3.00. The first-order valence-corrected chi connectivity index (χ1v) is 7.10. The van der Waals surface area contributed by atoms with Crippen molar-refractivity contribution in [3.8, 4) is 11.5 Å². The number of nitrogens with one attached hydrogen (secondary N) is 1. The Hall–Kier alpha value is -2.01. The zero-order chi connectivity index (χ0) is 14.5. The topological polar surface area (TPSA) is 47.6 Å². The van der Waals surface area contributed by atoms with Gasteiger partial charge in [-0.25, -0.2) is 0 Å². The van der Waals surface area contributed by atoms with Gasteiger partial charge < -0.3 is 14.8 Å². The summed E-state index contributed by atoms with van der Waals surface area (Å²) in [7, 11) is 3.07. The third-order valence-electron chi connectivity index (χ3n) is 2.97. The van der Waals surface area contributed by atoms with Gasteiger partial charge >= 0.3 is 0 Å². The Morgan fingerprint density at radius 2 is 1.80 bits per heavy atom. The second kappa shape index (κ2) is 6.43. The highest BCUT2D eigenvalue weighted by molar-refractivity contribution is 7.10.